The number of sulfonamides is 1. The molecule has 1 unspecified atom stereocenters. The maximum Gasteiger partial charge on any atom is 0.244 e. The van der Waals surface area contributed by atoms with Crippen LogP contribution in [0.5, 0.6) is 5.75 Å². The molecule has 0 aromatic heterocycles. The van der Waals surface area contributed by atoms with E-state index in [1.165, 1.54) is 18.2 Å². The fourth-order valence-corrected chi connectivity index (χ4v) is 4.49. The number of phenols is 1. The summed E-state index contributed by atoms with van der Waals surface area (Å²) in [5.74, 6) is 0.245. The second-order valence-corrected chi connectivity index (χ2v) is 8.98. The summed E-state index contributed by atoms with van der Waals surface area (Å²) < 4.78 is 26.0. The topological polar surface area (TPSA) is 122 Å². The average Bonchev–Trinajstić information content (AvgIpc) is 3.08. The molecule has 3 N–H and O–H groups in total. The number of hydrogen-bond acceptors (Lipinski definition) is 6. The summed E-state index contributed by atoms with van der Waals surface area (Å²) >= 11 is 11.2. The molecule has 7 nitrogen and oxygen atoms in total. The Morgan fingerprint density at radius 3 is 2.25 bits per heavy atom. The Morgan fingerprint density at radius 2 is 1.75 bits per heavy atom. The van der Waals surface area contributed by atoms with Gasteiger partial charge in [-0.25, -0.2) is 8.42 Å². The van der Waals surface area contributed by atoms with Crippen molar-refractivity contribution in [1.82, 2.24) is 4.31 Å². The fourth-order valence-electron chi connectivity index (χ4n) is 2.55. The molecule has 1 aliphatic heterocycles. The number of nitriles is 1. The SMILES string of the molecule is N#Cc1cc(Cl)ccc1S(=O)(=O)N1CCC(O)(CO)C1.Oc1ccc(Cl)cc1. The molecule has 0 radical (unpaired) electrons. The van der Waals surface area contributed by atoms with E-state index in [1.807, 2.05) is 0 Å². The number of aliphatic hydroxyl groups excluding tert-OH is 1. The van der Waals surface area contributed by atoms with Gasteiger partial charge in [-0.2, -0.15) is 9.57 Å². The van der Waals surface area contributed by atoms with Crippen molar-refractivity contribution in [2.75, 3.05) is 19.7 Å². The van der Waals surface area contributed by atoms with Gasteiger partial charge in [0.2, 0.25) is 10.0 Å². The lowest BCUT2D eigenvalue weighted by Crippen LogP contribution is -2.38. The van der Waals surface area contributed by atoms with Crippen molar-refractivity contribution in [2.45, 2.75) is 16.9 Å². The molecule has 0 bridgehead atoms. The smallest absolute Gasteiger partial charge is 0.244 e. The molecule has 10 heteroatoms. The van der Waals surface area contributed by atoms with E-state index in [2.05, 4.69) is 0 Å². The number of hydrogen-bond donors (Lipinski definition) is 3. The first-order valence-electron chi connectivity index (χ1n) is 8.09. The van der Waals surface area contributed by atoms with Gasteiger partial charge in [-0.15, -0.1) is 0 Å². The lowest BCUT2D eigenvalue weighted by Gasteiger charge is -2.21. The summed E-state index contributed by atoms with van der Waals surface area (Å²) in [6, 6.07) is 12.1. The average molecular weight is 445 g/mol. The minimum absolute atomic E-state index is 0.0445. The van der Waals surface area contributed by atoms with Crippen molar-refractivity contribution in [3.63, 3.8) is 0 Å². The van der Waals surface area contributed by atoms with Crippen LogP contribution in [0, 0.1) is 11.3 Å². The van der Waals surface area contributed by atoms with Crippen LogP contribution >= 0.6 is 23.2 Å². The number of phenolic OH excluding ortho intramolecular Hbond substituents is 1. The minimum Gasteiger partial charge on any atom is -0.508 e. The molecule has 2 aromatic rings. The lowest BCUT2D eigenvalue weighted by atomic mass is 10.1. The highest BCUT2D eigenvalue weighted by Crippen LogP contribution is 2.29. The van der Waals surface area contributed by atoms with Crippen LogP contribution in [0.4, 0.5) is 0 Å². The van der Waals surface area contributed by atoms with E-state index in [0.717, 1.165) is 4.31 Å². The summed E-state index contributed by atoms with van der Waals surface area (Å²) in [4.78, 5) is -0.147. The zero-order valence-electron chi connectivity index (χ0n) is 14.6. The number of halogens is 2. The number of β-amino-alcohol motifs (C(OH)–C–C–N with tert-alkyl or cyclic N) is 1. The van der Waals surface area contributed by atoms with E-state index in [9.17, 15) is 13.5 Å². The maximum atomic E-state index is 12.5. The Balaban J connectivity index is 0.000000292. The predicted octanol–water partition coefficient (Wildman–Crippen LogP) is 2.38. The highest BCUT2D eigenvalue weighted by Gasteiger charge is 2.41. The number of aromatic hydroxyl groups is 1. The molecular formula is C18H18Cl2N2O5S. The molecule has 0 amide bonds. The van der Waals surface area contributed by atoms with Gasteiger partial charge in [-0.05, 0) is 48.9 Å². The van der Waals surface area contributed by atoms with Crippen LogP contribution in [0.2, 0.25) is 10.0 Å². The number of aliphatic hydroxyl groups is 2. The van der Waals surface area contributed by atoms with Crippen LogP contribution in [0.15, 0.2) is 47.4 Å². The third-order valence-electron chi connectivity index (χ3n) is 4.10. The highest BCUT2D eigenvalue weighted by atomic mass is 35.5. The Labute approximate surface area is 173 Å². The Bertz CT molecular complexity index is 955. The van der Waals surface area contributed by atoms with Crippen LogP contribution in [-0.4, -0.2) is 53.3 Å². The summed E-state index contributed by atoms with van der Waals surface area (Å²) in [5.41, 5.74) is -1.47. The van der Waals surface area contributed by atoms with Crippen molar-refractivity contribution in [3.05, 3.63) is 58.1 Å². The Kier molecular flexibility index (Phi) is 7.28. The van der Waals surface area contributed by atoms with Gasteiger partial charge < -0.3 is 15.3 Å². The van der Waals surface area contributed by atoms with Crippen LogP contribution in [-0.2, 0) is 10.0 Å². The molecule has 0 spiro atoms. The van der Waals surface area contributed by atoms with Gasteiger partial charge >= 0.3 is 0 Å². The monoisotopic (exact) mass is 444 g/mol. The molecule has 1 saturated heterocycles. The predicted molar refractivity (Wildman–Crippen MR) is 105 cm³/mol. The quantitative estimate of drug-likeness (QED) is 0.667. The summed E-state index contributed by atoms with van der Waals surface area (Å²) in [6.07, 6.45) is 0.151. The second-order valence-electron chi connectivity index (χ2n) is 6.20. The van der Waals surface area contributed by atoms with E-state index in [0.29, 0.717) is 5.02 Å². The third-order valence-corrected chi connectivity index (χ3v) is 6.49. The first-order chi connectivity index (χ1) is 13.1. The molecular weight excluding hydrogens is 427 g/mol. The first-order valence-corrected chi connectivity index (χ1v) is 10.3. The molecule has 1 atom stereocenters. The summed E-state index contributed by atoms with van der Waals surface area (Å²) in [7, 11) is -3.90. The first kappa shape index (κ1) is 22.4. The van der Waals surface area contributed by atoms with Gasteiger partial charge in [0, 0.05) is 23.1 Å². The van der Waals surface area contributed by atoms with Gasteiger partial charge in [-0.1, -0.05) is 23.2 Å². The van der Waals surface area contributed by atoms with Crippen LogP contribution in [0.25, 0.3) is 0 Å². The van der Waals surface area contributed by atoms with Gasteiger partial charge in [0.1, 0.15) is 22.3 Å². The number of benzene rings is 2. The Hall–Kier alpha value is -1.86. The van der Waals surface area contributed by atoms with E-state index in [-0.39, 0.29) is 40.7 Å². The molecule has 150 valence electrons. The van der Waals surface area contributed by atoms with Crippen LogP contribution in [0.1, 0.15) is 12.0 Å². The van der Waals surface area contributed by atoms with E-state index in [4.69, 9.17) is 38.7 Å². The van der Waals surface area contributed by atoms with Gasteiger partial charge in [0.25, 0.3) is 0 Å². The molecule has 3 rings (SSSR count). The summed E-state index contributed by atoms with van der Waals surface area (Å²) in [6.45, 7) is -0.614. The van der Waals surface area contributed by atoms with Crippen LogP contribution in [0.3, 0.4) is 0 Å². The van der Waals surface area contributed by atoms with E-state index >= 15 is 0 Å². The largest absolute Gasteiger partial charge is 0.508 e. The van der Waals surface area contributed by atoms with Crippen LogP contribution < -0.4 is 0 Å². The zero-order chi connectivity index (χ0) is 20.9. The van der Waals surface area contributed by atoms with Crippen molar-refractivity contribution in [3.8, 4) is 11.8 Å². The maximum absolute atomic E-state index is 12.5. The molecule has 1 fully saturated rings. The molecule has 28 heavy (non-hydrogen) atoms. The molecule has 1 heterocycles. The van der Waals surface area contributed by atoms with Crippen molar-refractivity contribution >= 4 is 33.2 Å². The van der Waals surface area contributed by atoms with Crippen molar-refractivity contribution in [2.24, 2.45) is 0 Å². The molecule has 0 saturated carbocycles. The number of rotatable bonds is 3. The normalized spacial score (nSPS) is 19.5. The zero-order valence-corrected chi connectivity index (χ0v) is 16.9. The standard InChI is InChI=1S/C12H13ClN2O4S.C6H5ClO/c13-10-1-2-11(9(5-10)6-14)20(18,19)15-4-3-12(17,7-15)8-16;7-5-1-3-6(8)4-2-5/h1-2,5,16-17H,3-4,7-8H2;1-4,8H. The van der Waals surface area contributed by atoms with Gasteiger partial charge in [0.15, 0.2) is 0 Å². The number of nitrogens with zero attached hydrogens (tertiary/aromatic N) is 2. The second kappa shape index (κ2) is 9.09. The summed E-state index contributed by atoms with van der Waals surface area (Å²) in [5, 5.41) is 37.6. The van der Waals surface area contributed by atoms with Gasteiger partial charge in [0.05, 0.1) is 12.2 Å². The van der Waals surface area contributed by atoms with Crippen molar-refractivity contribution in [1.29, 1.82) is 5.26 Å². The minimum atomic E-state index is -3.90. The van der Waals surface area contributed by atoms with E-state index < -0.39 is 22.2 Å². The molecule has 0 aliphatic carbocycles. The van der Waals surface area contributed by atoms with Gasteiger partial charge in [-0.3, -0.25) is 0 Å². The molecule has 2 aromatic carbocycles. The van der Waals surface area contributed by atoms with E-state index in [1.54, 1.807) is 30.3 Å². The molecule has 1 aliphatic rings. The Morgan fingerprint density at radius 1 is 1.14 bits per heavy atom. The van der Waals surface area contributed by atoms with Crippen molar-refractivity contribution < 1.29 is 23.7 Å². The fraction of sp³-hybridized carbons (Fsp3) is 0.278. The highest BCUT2D eigenvalue weighted by molar-refractivity contribution is 7.89. The third kappa shape index (κ3) is 5.35. The lowest BCUT2D eigenvalue weighted by molar-refractivity contribution is -0.000734.